The molecule has 0 amide bonds. The Bertz CT molecular complexity index is 385. The summed E-state index contributed by atoms with van der Waals surface area (Å²) in [6, 6.07) is 0. The van der Waals surface area contributed by atoms with Crippen LogP contribution in [0.5, 0.6) is 0 Å². The maximum absolute atomic E-state index is 11.4. The molecule has 2 aliphatic heterocycles. The van der Waals surface area contributed by atoms with Gasteiger partial charge in [-0.25, -0.2) is 8.42 Å². The minimum Gasteiger partial charge on any atom is -0.396 e. The average molecular weight is 292 g/mol. The Hall–Kier alpha value is -0.210. The lowest BCUT2D eigenvalue weighted by Gasteiger charge is -2.42. The second-order valence-electron chi connectivity index (χ2n) is 5.75. The van der Waals surface area contributed by atoms with Gasteiger partial charge in [0.15, 0.2) is 0 Å². The fraction of sp³-hybridized carbons (Fsp3) is 1.00. The van der Waals surface area contributed by atoms with Crippen LogP contribution in [0.25, 0.3) is 0 Å². The predicted octanol–water partition coefficient (Wildman–Crippen LogP) is -0.647. The van der Waals surface area contributed by atoms with Crippen molar-refractivity contribution in [2.75, 3.05) is 58.8 Å². The number of piperazine rings is 1. The van der Waals surface area contributed by atoms with Crippen molar-refractivity contribution in [3.63, 3.8) is 0 Å². The van der Waals surface area contributed by atoms with Crippen molar-refractivity contribution in [3.8, 4) is 0 Å². The Balaban J connectivity index is 1.88. The highest BCUT2D eigenvalue weighted by Gasteiger charge is 2.35. The first-order chi connectivity index (χ1) is 8.95. The van der Waals surface area contributed by atoms with Crippen LogP contribution in [0.2, 0.25) is 0 Å². The van der Waals surface area contributed by atoms with Crippen LogP contribution >= 0.6 is 0 Å². The van der Waals surface area contributed by atoms with Crippen LogP contribution in [-0.2, 0) is 14.8 Å². The van der Waals surface area contributed by atoms with Crippen molar-refractivity contribution < 1.29 is 18.3 Å². The second kappa shape index (κ2) is 6.05. The molecule has 0 radical (unpaired) electrons. The van der Waals surface area contributed by atoms with E-state index in [2.05, 4.69) is 4.90 Å². The maximum atomic E-state index is 11.4. The van der Waals surface area contributed by atoms with Crippen LogP contribution in [0.1, 0.15) is 12.8 Å². The Morgan fingerprint density at radius 1 is 1.26 bits per heavy atom. The SMILES string of the molecule is CS(=O)(=O)N1CCN(CC2(CO)CCCOC2)CC1. The van der Waals surface area contributed by atoms with Crippen LogP contribution in [0.3, 0.4) is 0 Å². The molecule has 0 aromatic rings. The van der Waals surface area contributed by atoms with Crippen LogP contribution in [0.4, 0.5) is 0 Å². The standard InChI is InChI=1S/C12H24N2O4S/c1-19(16,17)14-6-4-13(5-7-14)9-12(10-15)3-2-8-18-11-12/h15H,2-11H2,1H3. The lowest BCUT2D eigenvalue weighted by Crippen LogP contribution is -2.53. The van der Waals surface area contributed by atoms with Crippen LogP contribution in [0, 0.1) is 5.41 Å². The Morgan fingerprint density at radius 2 is 1.95 bits per heavy atom. The van der Waals surface area contributed by atoms with Gasteiger partial charge < -0.3 is 9.84 Å². The van der Waals surface area contributed by atoms with Crippen molar-refractivity contribution in [2.24, 2.45) is 5.41 Å². The molecular formula is C12H24N2O4S. The van der Waals surface area contributed by atoms with Gasteiger partial charge in [-0.15, -0.1) is 0 Å². The first-order valence-corrected chi connectivity index (χ1v) is 8.66. The highest BCUT2D eigenvalue weighted by Crippen LogP contribution is 2.29. The third-order valence-electron chi connectivity index (χ3n) is 4.10. The van der Waals surface area contributed by atoms with Gasteiger partial charge in [-0.1, -0.05) is 0 Å². The number of aliphatic hydroxyl groups is 1. The van der Waals surface area contributed by atoms with E-state index in [9.17, 15) is 13.5 Å². The first kappa shape index (κ1) is 15.2. The quantitative estimate of drug-likeness (QED) is 0.746. The molecule has 7 heteroatoms. The van der Waals surface area contributed by atoms with E-state index < -0.39 is 10.0 Å². The summed E-state index contributed by atoms with van der Waals surface area (Å²) in [5.41, 5.74) is -0.161. The molecule has 112 valence electrons. The molecular weight excluding hydrogens is 268 g/mol. The van der Waals surface area contributed by atoms with E-state index in [1.807, 2.05) is 0 Å². The van der Waals surface area contributed by atoms with Gasteiger partial charge in [-0.2, -0.15) is 4.31 Å². The van der Waals surface area contributed by atoms with E-state index in [1.165, 1.54) is 10.6 Å². The van der Waals surface area contributed by atoms with Gasteiger partial charge in [0.2, 0.25) is 10.0 Å². The Labute approximate surface area is 115 Å². The van der Waals surface area contributed by atoms with E-state index in [0.717, 1.165) is 39.1 Å². The Kier molecular flexibility index (Phi) is 4.84. The van der Waals surface area contributed by atoms with Crippen molar-refractivity contribution in [2.45, 2.75) is 12.8 Å². The minimum atomic E-state index is -3.07. The lowest BCUT2D eigenvalue weighted by molar-refractivity contribution is -0.0582. The molecule has 1 atom stereocenters. The largest absolute Gasteiger partial charge is 0.396 e. The maximum Gasteiger partial charge on any atom is 0.211 e. The van der Waals surface area contributed by atoms with Crippen LogP contribution in [-0.4, -0.2) is 81.5 Å². The van der Waals surface area contributed by atoms with Gasteiger partial charge in [0.05, 0.1) is 19.5 Å². The van der Waals surface area contributed by atoms with Crippen molar-refractivity contribution >= 4 is 10.0 Å². The zero-order chi connectivity index (χ0) is 13.9. The molecule has 1 unspecified atom stereocenters. The molecule has 2 fully saturated rings. The topological polar surface area (TPSA) is 70.1 Å². The molecule has 19 heavy (non-hydrogen) atoms. The fourth-order valence-electron chi connectivity index (χ4n) is 2.90. The van der Waals surface area contributed by atoms with E-state index in [-0.39, 0.29) is 12.0 Å². The molecule has 2 heterocycles. The number of sulfonamides is 1. The average Bonchev–Trinajstić information content (AvgIpc) is 2.39. The zero-order valence-corrected chi connectivity index (χ0v) is 12.4. The number of aliphatic hydroxyl groups excluding tert-OH is 1. The number of rotatable bonds is 4. The molecule has 2 saturated heterocycles. The van der Waals surface area contributed by atoms with E-state index in [4.69, 9.17) is 4.74 Å². The van der Waals surface area contributed by atoms with Crippen LogP contribution < -0.4 is 0 Å². The smallest absolute Gasteiger partial charge is 0.211 e. The fourth-order valence-corrected chi connectivity index (χ4v) is 3.73. The molecule has 0 aliphatic carbocycles. The molecule has 0 bridgehead atoms. The van der Waals surface area contributed by atoms with Gasteiger partial charge in [0, 0.05) is 44.7 Å². The van der Waals surface area contributed by atoms with Gasteiger partial charge in [-0.3, -0.25) is 4.90 Å². The molecule has 0 spiro atoms. The lowest BCUT2D eigenvalue weighted by atomic mass is 9.82. The number of ether oxygens (including phenoxy) is 1. The predicted molar refractivity (Wildman–Crippen MR) is 72.4 cm³/mol. The number of hydrogen-bond donors (Lipinski definition) is 1. The van der Waals surface area contributed by atoms with Crippen molar-refractivity contribution in [1.82, 2.24) is 9.21 Å². The van der Waals surface area contributed by atoms with E-state index in [0.29, 0.717) is 19.7 Å². The summed E-state index contributed by atoms with van der Waals surface area (Å²) >= 11 is 0. The molecule has 6 nitrogen and oxygen atoms in total. The highest BCUT2D eigenvalue weighted by molar-refractivity contribution is 7.88. The van der Waals surface area contributed by atoms with Crippen molar-refractivity contribution in [3.05, 3.63) is 0 Å². The number of nitrogens with zero attached hydrogens (tertiary/aromatic N) is 2. The summed E-state index contributed by atoms with van der Waals surface area (Å²) in [6.45, 7) is 4.87. The monoisotopic (exact) mass is 292 g/mol. The summed E-state index contributed by atoms with van der Waals surface area (Å²) in [5, 5.41) is 9.64. The van der Waals surface area contributed by atoms with Crippen LogP contribution in [0.15, 0.2) is 0 Å². The summed E-state index contributed by atoms with van der Waals surface area (Å²) < 4.78 is 29.9. The zero-order valence-electron chi connectivity index (χ0n) is 11.5. The highest BCUT2D eigenvalue weighted by atomic mass is 32.2. The molecule has 0 saturated carbocycles. The third-order valence-corrected chi connectivity index (χ3v) is 5.40. The summed E-state index contributed by atoms with van der Waals surface area (Å²) in [6.07, 6.45) is 3.23. The Morgan fingerprint density at radius 3 is 2.42 bits per heavy atom. The molecule has 0 aromatic heterocycles. The van der Waals surface area contributed by atoms with Gasteiger partial charge in [0.1, 0.15) is 0 Å². The molecule has 2 aliphatic rings. The van der Waals surface area contributed by atoms with E-state index in [1.54, 1.807) is 0 Å². The molecule has 1 N–H and O–H groups in total. The number of hydrogen-bond acceptors (Lipinski definition) is 5. The third kappa shape index (κ3) is 3.88. The summed E-state index contributed by atoms with van der Waals surface area (Å²) in [7, 11) is -3.07. The minimum absolute atomic E-state index is 0.138. The normalized spacial score (nSPS) is 31.5. The molecule has 0 aromatic carbocycles. The first-order valence-electron chi connectivity index (χ1n) is 6.81. The summed E-state index contributed by atoms with van der Waals surface area (Å²) in [4.78, 5) is 2.24. The second-order valence-corrected chi connectivity index (χ2v) is 7.73. The summed E-state index contributed by atoms with van der Waals surface area (Å²) in [5.74, 6) is 0. The molecule has 2 rings (SSSR count). The van der Waals surface area contributed by atoms with Gasteiger partial charge in [0.25, 0.3) is 0 Å². The van der Waals surface area contributed by atoms with Crippen molar-refractivity contribution in [1.29, 1.82) is 0 Å². The van der Waals surface area contributed by atoms with Gasteiger partial charge >= 0.3 is 0 Å². The van der Waals surface area contributed by atoms with E-state index >= 15 is 0 Å². The van der Waals surface area contributed by atoms with Gasteiger partial charge in [-0.05, 0) is 12.8 Å².